The van der Waals surface area contributed by atoms with E-state index in [0.29, 0.717) is 18.6 Å². The Morgan fingerprint density at radius 3 is 2.24 bits per heavy atom. The molecule has 5 heteroatoms. The summed E-state index contributed by atoms with van der Waals surface area (Å²) in [5.74, 6) is -0.428. The maximum Gasteiger partial charge on any atom is 0.271 e. The zero-order chi connectivity index (χ0) is 15.9. The second-order valence-corrected chi connectivity index (χ2v) is 6.09. The molecular formula is C16H23BrN2O2. The average molecular weight is 355 g/mol. The van der Waals surface area contributed by atoms with Gasteiger partial charge < -0.3 is 5.11 Å². The van der Waals surface area contributed by atoms with Crippen molar-refractivity contribution in [2.75, 3.05) is 0 Å². The molecule has 0 saturated carbocycles. The van der Waals surface area contributed by atoms with Crippen LogP contribution in [0.2, 0.25) is 0 Å². The summed E-state index contributed by atoms with van der Waals surface area (Å²) in [6, 6.07) is 7.67. The fourth-order valence-electron chi connectivity index (χ4n) is 2.17. The molecule has 0 heterocycles. The smallest absolute Gasteiger partial charge is 0.271 e. The zero-order valence-corrected chi connectivity index (χ0v) is 14.4. The molecule has 0 aliphatic carbocycles. The molecule has 0 unspecified atom stereocenters. The lowest BCUT2D eigenvalue weighted by atomic mass is 9.92. The first kappa shape index (κ1) is 17.9. The number of hydrogen-bond donors (Lipinski definition) is 2. The van der Waals surface area contributed by atoms with Gasteiger partial charge in [0.2, 0.25) is 0 Å². The van der Waals surface area contributed by atoms with E-state index in [2.05, 4.69) is 26.5 Å². The van der Waals surface area contributed by atoms with Gasteiger partial charge in [-0.3, -0.25) is 4.79 Å². The summed E-state index contributed by atoms with van der Waals surface area (Å²) in [5, 5.41) is 14.5. The fourth-order valence-corrected chi connectivity index (χ4v) is 2.44. The molecule has 0 bridgehead atoms. The van der Waals surface area contributed by atoms with Gasteiger partial charge in [-0.15, -0.1) is 0 Å². The predicted molar refractivity (Wildman–Crippen MR) is 89.3 cm³/mol. The van der Waals surface area contributed by atoms with Crippen LogP contribution in [0.3, 0.4) is 0 Å². The Bertz CT molecular complexity index is 492. The summed E-state index contributed by atoms with van der Waals surface area (Å²) in [5.41, 5.74) is 2.79. The number of hydrogen-bond acceptors (Lipinski definition) is 3. The van der Waals surface area contributed by atoms with Crippen molar-refractivity contribution in [1.82, 2.24) is 5.43 Å². The summed E-state index contributed by atoms with van der Waals surface area (Å²) in [6.45, 7) is 5.72. The number of hydrazone groups is 1. The van der Waals surface area contributed by atoms with Crippen LogP contribution in [0.25, 0.3) is 0 Å². The number of benzene rings is 1. The summed E-state index contributed by atoms with van der Waals surface area (Å²) >= 11 is 3.37. The van der Waals surface area contributed by atoms with Crippen LogP contribution >= 0.6 is 15.9 Å². The Balaban J connectivity index is 2.77. The molecule has 2 N–H and O–H groups in total. The maximum atomic E-state index is 12.2. The van der Waals surface area contributed by atoms with Crippen LogP contribution in [-0.4, -0.2) is 22.3 Å². The van der Waals surface area contributed by atoms with Gasteiger partial charge in [0.25, 0.3) is 5.91 Å². The van der Waals surface area contributed by atoms with Gasteiger partial charge in [0.05, 0.1) is 5.71 Å². The zero-order valence-electron chi connectivity index (χ0n) is 12.8. The highest BCUT2D eigenvalue weighted by Gasteiger charge is 2.33. The van der Waals surface area contributed by atoms with E-state index in [1.165, 1.54) is 0 Å². The minimum Gasteiger partial charge on any atom is -0.380 e. The minimum atomic E-state index is -1.33. The SMILES string of the molecule is CCCC(O)(CCC)C(=O)N/N=C(/C)c1ccc(Br)cc1. The van der Waals surface area contributed by atoms with Gasteiger partial charge in [-0.05, 0) is 37.5 Å². The van der Waals surface area contributed by atoms with E-state index in [1.54, 1.807) is 0 Å². The molecule has 0 aliphatic rings. The molecule has 0 spiro atoms. The maximum absolute atomic E-state index is 12.2. The molecule has 0 atom stereocenters. The number of halogens is 1. The van der Waals surface area contributed by atoms with Crippen molar-refractivity contribution in [3.63, 3.8) is 0 Å². The molecule has 0 fully saturated rings. The van der Waals surface area contributed by atoms with E-state index in [1.807, 2.05) is 45.0 Å². The summed E-state index contributed by atoms with van der Waals surface area (Å²) in [7, 11) is 0. The first-order valence-corrected chi connectivity index (χ1v) is 8.05. The number of carbonyl (C=O) groups is 1. The fraction of sp³-hybridized carbons (Fsp3) is 0.500. The molecule has 1 rings (SSSR count). The van der Waals surface area contributed by atoms with Crippen molar-refractivity contribution in [3.8, 4) is 0 Å². The molecule has 4 nitrogen and oxygen atoms in total. The molecule has 1 aromatic carbocycles. The molecule has 0 aliphatic heterocycles. The Morgan fingerprint density at radius 1 is 1.24 bits per heavy atom. The van der Waals surface area contributed by atoms with Crippen LogP contribution in [0.1, 0.15) is 52.0 Å². The van der Waals surface area contributed by atoms with Crippen LogP contribution in [0.15, 0.2) is 33.8 Å². The summed E-state index contributed by atoms with van der Waals surface area (Å²) in [4.78, 5) is 12.2. The molecule has 0 saturated heterocycles. The van der Waals surface area contributed by atoms with Crippen LogP contribution in [0.5, 0.6) is 0 Å². The van der Waals surface area contributed by atoms with Crippen molar-refractivity contribution in [1.29, 1.82) is 0 Å². The third-order valence-electron chi connectivity index (χ3n) is 3.34. The Morgan fingerprint density at radius 2 is 1.76 bits per heavy atom. The highest BCUT2D eigenvalue weighted by molar-refractivity contribution is 9.10. The molecule has 1 aromatic rings. The van der Waals surface area contributed by atoms with Gasteiger partial charge in [0.15, 0.2) is 0 Å². The number of aliphatic hydroxyl groups is 1. The van der Waals surface area contributed by atoms with Gasteiger partial charge in [-0.2, -0.15) is 5.10 Å². The van der Waals surface area contributed by atoms with E-state index in [4.69, 9.17) is 0 Å². The largest absolute Gasteiger partial charge is 0.380 e. The minimum absolute atomic E-state index is 0.428. The third-order valence-corrected chi connectivity index (χ3v) is 3.87. The first-order valence-electron chi connectivity index (χ1n) is 7.26. The normalized spacial score (nSPS) is 12.3. The second-order valence-electron chi connectivity index (χ2n) is 5.18. The summed E-state index contributed by atoms with van der Waals surface area (Å²) in [6.07, 6.45) is 2.39. The summed E-state index contributed by atoms with van der Waals surface area (Å²) < 4.78 is 0.989. The number of rotatable bonds is 7. The van der Waals surface area contributed by atoms with Gasteiger partial charge in [0.1, 0.15) is 5.60 Å². The Labute approximate surface area is 134 Å². The Hall–Kier alpha value is -1.20. The molecule has 116 valence electrons. The number of carbonyl (C=O) groups excluding carboxylic acids is 1. The topological polar surface area (TPSA) is 61.7 Å². The van der Waals surface area contributed by atoms with Crippen LogP contribution in [0.4, 0.5) is 0 Å². The number of amides is 1. The lowest BCUT2D eigenvalue weighted by Crippen LogP contribution is -2.45. The van der Waals surface area contributed by atoms with Gasteiger partial charge in [-0.25, -0.2) is 5.43 Å². The number of nitrogens with one attached hydrogen (secondary N) is 1. The highest BCUT2D eigenvalue weighted by atomic mass is 79.9. The van der Waals surface area contributed by atoms with Gasteiger partial charge in [-0.1, -0.05) is 54.8 Å². The third kappa shape index (κ3) is 5.25. The lowest BCUT2D eigenvalue weighted by Gasteiger charge is -2.24. The number of nitrogens with zero attached hydrogens (tertiary/aromatic N) is 1. The van der Waals surface area contributed by atoms with Crippen molar-refractivity contribution in [3.05, 3.63) is 34.3 Å². The Kier molecular flexibility index (Phi) is 7.05. The molecule has 0 aromatic heterocycles. The van der Waals surface area contributed by atoms with E-state index in [9.17, 15) is 9.90 Å². The highest BCUT2D eigenvalue weighted by Crippen LogP contribution is 2.19. The lowest BCUT2D eigenvalue weighted by molar-refractivity contribution is -0.141. The van der Waals surface area contributed by atoms with Gasteiger partial charge in [0, 0.05) is 4.47 Å². The van der Waals surface area contributed by atoms with Crippen molar-refractivity contribution < 1.29 is 9.90 Å². The van der Waals surface area contributed by atoms with Crippen LogP contribution in [-0.2, 0) is 4.79 Å². The monoisotopic (exact) mass is 354 g/mol. The van der Waals surface area contributed by atoms with Crippen molar-refractivity contribution >= 4 is 27.5 Å². The standard InChI is InChI=1S/C16H23BrN2O2/c1-4-10-16(21,11-5-2)15(20)19-18-12(3)13-6-8-14(17)9-7-13/h6-9,21H,4-5,10-11H2,1-3H3,(H,19,20)/b18-12-. The molecular weight excluding hydrogens is 332 g/mol. The van der Waals surface area contributed by atoms with E-state index in [0.717, 1.165) is 22.9 Å². The second kappa shape index (κ2) is 8.29. The van der Waals surface area contributed by atoms with Crippen LogP contribution in [0, 0.1) is 0 Å². The van der Waals surface area contributed by atoms with Crippen molar-refractivity contribution in [2.24, 2.45) is 5.10 Å². The van der Waals surface area contributed by atoms with Crippen LogP contribution < -0.4 is 5.43 Å². The van der Waals surface area contributed by atoms with E-state index < -0.39 is 11.5 Å². The van der Waals surface area contributed by atoms with Gasteiger partial charge >= 0.3 is 0 Å². The average Bonchev–Trinajstić information content (AvgIpc) is 2.45. The predicted octanol–water partition coefficient (Wildman–Crippen LogP) is 3.62. The first-order chi connectivity index (χ1) is 9.92. The van der Waals surface area contributed by atoms with E-state index >= 15 is 0 Å². The molecule has 21 heavy (non-hydrogen) atoms. The van der Waals surface area contributed by atoms with Crippen molar-refractivity contribution in [2.45, 2.75) is 52.1 Å². The molecule has 1 amide bonds. The quantitative estimate of drug-likeness (QED) is 0.580. The molecule has 0 radical (unpaired) electrons. The van der Waals surface area contributed by atoms with E-state index in [-0.39, 0.29) is 0 Å².